The van der Waals surface area contributed by atoms with Crippen LogP contribution in [0.5, 0.6) is 0 Å². The summed E-state index contributed by atoms with van der Waals surface area (Å²) < 4.78 is 1.27. The molecule has 0 radical (unpaired) electrons. The molecule has 0 spiro atoms. The molecule has 0 bridgehead atoms. The molecule has 1 heterocycles. The van der Waals surface area contributed by atoms with E-state index in [4.69, 9.17) is 5.11 Å². The Hall–Kier alpha value is -2.74. The van der Waals surface area contributed by atoms with E-state index in [9.17, 15) is 14.9 Å². The monoisotopic (exact) mass is 290 g/mol. The number of rotatable bonds is 4. The van der Waals surface area contributed by atoms with Gasteiger partial charge in [0.05, 0.1) is 11.5 Å². The second kappa shape index (κ2) is 5.71. The Morgan fingerprint density at radius 1 is 1.43 bits per heavy atom. The van der Waals surface area contributed by atoms with Crippen LogP contribution in [0, 0.1) is 10.1 Å². The maximum absolute atomic E-state index is 11.8. The molecular weight excluding hydrogens is 276 g/mol. The van der Waals surface area contributed by atoms with Crippen molar-refractivity contribution in [2.75, 3.05) is 14.1 Å². The van der Waals surface area contributed by atoms with Gasteiger partial charge < -0.3 is 10.0 Å². The highest BCUT2D eigenvalue weighted by atomic mass is 16.6. The number of carbonyl (C=O) groups is 1. The van der Waals surface area contributed by atoms with Crippen molar-refractivity contribution in [2.45, 2.75) is 6.61 Å². The van der Waals surface area contributed by atoms with Gasteiger partial charge in [0.25, 0.3) is 11.6 Å². The van der Waals surface area contributed by atoms with Crippen LogP contribution < -0.4 is 0 Å². The number of nitrogens with zero attached hydrogens (tertiary/aromatic N) is 4. The van der Waals surface area contributed by atoms with Gasteiger partial charge in [-0.25, -0.2) is 4.68 Å². The first-order valence-electron chi connectivity index (χ1n) is 6.10. The second-order valence-electron chi connectivity index (χ2n) is 4.58. The molecule has 2 aromatic rings. The molecule has 8 heteroatoms. The highest BCUT2D eigenvalue weighted by Gasteiger charge is 2.19. The lowest BCUT2D eigenvalue weighted by Gasteiger charge is -2.07. The van der Waals surface area contributed by atoms with Crippen LogP contribution in [0.4, 0.5) is 5.69 Å². The predicted octanol–water partition coefficient (Wildman–Crippen LogP) is 0.975. The molecule has 21 heavy (non-hydrogen) atoms. The fourth-order valence-corrected chi connectivity index (χ4v) is 1.81. The van der Waals surface area contributed by atoms with Crippen LogP contribution in [-0.4, -0.2) is 44.7 Å². The van der Waals surface area contributed by atoms with E-state index in [1.807, 2.05) is 0 Å². The summed E-state index contributed by atoms with van der Waals surface area (Å²) in [5.41, 5.74) is 0.672. The minimum Gasteiger partial charge on any atom is -0.392 e. The number of hydrogen-bond acceptors (Lipinski definition) is 5. The molecule has 0 aliphatic carbocycles. The Balaban J connectivity index is 2.47. The van der Waals surface area contributed by atoms with Crippen molar-refractivity contribution in [3.63, 3.8) is 0 Å². The van der Waals surface area contributed by atoms with Crippen LogP contribution >= 0.6 is 0 Å². The van der Waals surface area contributed by atoms with Crippen molar-refractivity contribution in [3.8, 4) is 5.69 Å². The van der Waals surface area contributed by atoms with Gasteiger partial charge in [-0.1, -0.05) is 6.07 Å². The van der Waals surface area contributed by atoms with Crippen molar-refractivity contribution >= 4 is 11.6 Å². The zero-order chi connectivity index (χ0) is 15.6. The zero-order valence-electron chi connectivity index (χ0n) is 11.6. The van der Waals surface area contributed by atoms with Crippen LogP contribution in [0.25, 0.3) is 5.69 Å². The van der Waals surface area contributed by atoms with E-state index in [0.717, 1.165) is 0 Å². The summed E-state index contributed by atoms with van der Waals surface area (Å²) in [7, 11) is 3.19. The van der Waals surface area contributed by atoms with E-state index in [0.29, 0.717) is 5.56 Å². The maximum Gasteiger partial charge on any atom is 0.295 e. The van der Waals surface area contributed by atoms with Crippen LogP contribution in [0.1, 0.15) is 16.1 Å². The fourth-order valence-electron chi connectivity index (χ4n) is 1.81. The molecule has 1 N–H and O–H groups in total. The molecular formula is C13H14N4O4. The molecule has 1 aromatic heterocycles. The average molecular weight is 290 g/mol. The smallest absolute Gasteiger partial charge is 0.295 e. The normalized spacial score (nSPS) is 10.4. The minimum atomic E-state index is -0.552. The molecule has 2 rings (SSSR count). The van der Waals surface area contributed by atoms with Gasteiger partial charge in [-0.2, -0.15) is 5.10 Å². The van der Waals surface area contributed by atoms with E-state index in [-0.39, 0.29) is 29.6 Å². The molecule has 110 valence electrons. The Kier molecular flexibility index (Phi) is 3.99. The van der Waals surface area contributed by atoms with Crippen LogP contribution in [0.3, 0.4) is 0 Å². The first-order valence-corrected chi connectivity index (χ1v) is 6.10. The van der Waals surface area contributed by atoms with Gasteiger partial charge in [0.15, 0.2) is 5.69 Å². The van der Waals surface area contributed by atoms with Crippen LogP contribution in [-0.2, 0) is 6.61 Å². The summed E-state index contributed by atoms with van der Waals surface area (Å²) in [5, 5.41) is 24.2. The summed E-state index contributed by atoms with van der Waals surface area (Å²) in [4.78, 5) is 23.7. The average Bonchev–Trinajstić information content (AvgIpc) is 2.95. The number of carbonyl (C=O) groups excluding carboxylic acids is 1. The third kappa shape index (κ3) is 2.90. The highest BCUT2D eigenvalue weighted by Crippen LogP contribution is 2.24. The standard InChI is InChI=1S/C13H14N4O4/c1-15(2)13(19)10-5-6-16(14-10)11-4-3-9(8-18)7-12(11)17(20)21/h3-7,18H,8H2,1-2H3. The first-order chi connectivity index (χ1) is 9.93. The molecule has 0 aliphatic rings. The van der Waals surface area contributed by atoms with E-state index < -0.39 is 4.92 Å². The van der Waals surface area contributed by atoms with Crippen molar-refractivity contribution in [1.29, 1.82) is 0 Å². The number of aliphatic hydroxyl groups excluding tert-OH is 1. The summed E-state index contributed by atoms with van der Waals surface area (Å²) >= 11 is 0. The van der Waals surface area contributed by atoms with Crippen molar-refractivity contribution < 1.29 is 14.8 Å². The topological polar surface area (TPSA) is 102 Å². The Morgan fingerprint density at radius 3 is 2.71 bits per heavy atom. The summed E-state index contributed by atoms with van der Waals surface area (Å²) in [6, 6.07) is 5.83. The molecule has 0 atom stereocenters. The Bertz CT molecular complexity index is 693. The number of aromatic nitrogens is 2. The predicted molar refractivity (Wildman–Crippen MR) is 74.2 cm³/mol. The second-order valence-corrected chi connectivity index (χ2v) is 4.58. The summed E-state index contributed by atoms with van der Waals surface area (Å²) in [6.07, 6.45) is 1.48. The highest BCUT2D eigenvalue weighted by molar-refractivity contribution is 5.91. The van der Waals surface area contributed by atoms with Crippen molar-refractivity contribution in [1.82, 2.24) is 14.7 Å². The lowest BCUT2D eigenvalue weighted by molar-refractivity contribution is -0.384. The molecule has 0 saturated carbocycles. The molecule has 0 saturated heterocycles. The van der Waals surface area contributed by atoms with Gasteiger partial charge in [0.1, 0.15) is 5.69 Å². The number of nitro groups is 1. The van der Waals surface area contributed by atoms with Gasteiger partial charge in [0, 0.05) is 26.4 Å². The van der Waals surface area contributed by atoms with Gasteiger partial charge in [-0.3, -0.25) is 14.9 Å². The van der Waals surface area contributed by atoms with Gasteiger partial charge in [-0.05, 0) is 17.7 Å². The van der Waals surface area contributed by atoms with Crippen molar-refractivity contribution in [3.05, 3.63) is 51.8 Å². The molecule has 8 nitrogen and oxygen atoms in total. The summed E-state index contributed by atoms with van der Waals surface area (Å²) in [5.74, 6) is -0.289. The van der Waals surface area contributed by atoms with Gasteiger partial charge >= 0.3 is 0 Å². The largest absolute Gasteiger partial charge is 0.392 e. The molecule has 1 amide bonds. The Morgan fingerprint density at radius 2 is 2.14 bits per heavy atom. The maximum atomic E-state index is 11.8. The number of nitro benzene ring substituents is 1. The zero-order valence-corrected chi connectivity index (χ0v) is 11.6. The molecule has 0 fully saturated rings. The van der Waals surface area contributed by atoms with E-state index in [1.165, 1.54) is 34.0 Å². The van der Waals surface area contributed by atoms with E-state index >= 15 is 0 Å². The number of amides is 1. The Labute approximate surface area is 120 Å². The lowest BCUT2D eigenvalue weighted by atomic mass is 10.2. The molecule has 1 aromatic carbocycles. The van der Waals surface area contributed by atoms with E-state index in [1.54, 1.807) is 20.2 Å². The van der Waals surface area contributed by atoms with Gasteiger partial charge in [0.2, 0.25) is 0 Å². The third-order valence-electron chi connectivity index (χ3n) is 2.88. The third-order valence-corrected chi connectivity index (χ3v) is 2.88. The minimum absolute atomic E-state index is 0.187. The quantitative estimate of drug-likeness (QED) is 0.668. The molecule has 0 aliphatic heterocycles. The number of aliphatic hydroxyl groups is 1. The van der Waals surface area contributed by atoms with Gasteiger partial charge in [-0.15, -0.1) is 0 Å². The first kappa shape index (κ1) is 14.7. The fraction of sp³-hybridized carbons (Fsp3) is 0.231. The number of hydrogen-bond donors (Lipinski definition) is 1. The summed E-state index contributed by atoms with van der Waals surface area (Å²) in [6.45, 7) is -0.287. The number of benzene rings is 1. The lowest BCUT2D eigenvalue weighted by Crippen LogP contribution is -2.22. The van der Waals surface area contributed by atoms with Crippen molar-refractivity contribution in [2.24, 2.45) is 0 Å². The molecule has 0 unspecified atom stereocenters. The van der Waals surface area contributed by atoms with E-state index in [2.05, 4.69) is 5.10 Å². The van der Waals surface area contributed by atoms with Crippen LogP contribution in [0.15, 0.2) is 30.5 Å². The van der Waals surface area contributed by atoms with Crippen LogP contribution in [0.2, 0.25) is 0 Å². The SMILES string of the molecule is CN(C)C(=O)c1ccn(-c2ccc(CO)cc2[N+](=O)[O-])n1.